The Kier molecular flexibility index (Phi) is 6.18. The highest BCUT2D eigenvalue weighted by molar-refractivity contribution is 5.95. The summed E-state index contributed by atoms with van der Waals surface area (Å²) in [6, 6.07) is 2.97. The fraction of sp³-hybridized carbons (Fsp3) is 0.579. The van der Waals surface area contributed by atoms with Crippen LogP contribution in [0.15, 0.2) is 34.1 Å². The van der Waals surface area contributed by atoms with E-state index in [1.54, 1.807) is 19.1 Å². The summed E-state index contributed by atoms with van der Waals surface area (Å²) in [6.07, 6.45) is 2.60. The number of nitrogens with one attached hydrogen (secondary N) is 2. The monoisotopic (exact) mass is 376 g/mol. The standard InChI is InChI=1S/C19H28N4O4/c1-4-22(3)13-8-9-23(11-13)12-14-16(18(24)26-5-2)17(21-19(25)20-14)15-7-6-10-27-15/h6-7,10,13,17H,4-5,8-9,11-12H2,1-3H3,(H2,20,21,25). The van der Waals surface area contributed by atoms with Gasteiger partial charge in [-0.25, -0.2) is 9.59 Å². The number of rotatable bonds is 7. The Labute approximate surface area is 159 Å². The average Bonchev–Trinajstić information content (AvgIpc) is 3.32. The molecule has 0 aliphatic carbocycles. The molecule has 0 aromatic carbocycles. The lowest BCUT2D eigenvalue weighted by Crippen LogP contribution is -2.48. The van der Waals surface area contributed by atoms with E-state index in [0.29, 0.717) is 29.6 Å². The zero-order chi connectivity index (χ0) is 19.4. The number of ether oxygens (including phenoxy) is 1. The average molecular weight is 376 g/mol. The molecule has 0 bridgehead atoms. The summed E-state index contributed by atoms with van der Waals surface area (Å²) in [7, 11) is 2.12. The van der Waals surface area contributed by atoms with Crippen LogP contribution in [0.25, 0.3) is 0 Å². The summed E-state index contributed by atoms with van der Waals surface area (Å²) in [6.45, 7) is 7.48. The van der Waals surface area contributed by atoms with Crippen LogP contribution in [0.2, 0.25) is 0 Å². The predicted octanol–water partition coefficient (Wildman–Crippen LogP) is 1.48. The van der Waals surface area contributed by atoms with Crippen LogP contribution in [0.5, 0.6) is 0 Å². The minimum atomic E-state index is -0.653. The van der Waals surface area contributed by atoms with Crippen molar-refractivity contribution in [3.63, 3.8) is 0 Å². The van der Waals surface area contributed by atoms with E-state index in [1.807, 2.05) is 0 Å². The SMILES string of the molecule is CCOC(=O)C1=C(CN2CCC(N(C)CC)C2)NC(=O)NC1c1ccco1. The minimum Gasteiger partial charge on any atom is -0.467 e. The van der Waals surface area contributed by atoms with Crippen molar-refractivity contribution in [1.82, 2.24) is 20.4 Å². The van der Waals surface area contributed by atoms with Gasteiger partial charge >= 0.3 is 12.0 Å². The molecule has 1 fully saturated rings. The molecule has 0 radical (unpaired) electrons. The van der Waals surface area contributed by atoms with E-state index in [9.17, 15) is 9.59 Å². The van der Waals surface area contributed by atoms with E-state index in [0.717, 1.165) is 26.1 Å². The first-order valence-corrected chi connectivity index (χ1v) is 9.47. The number of esters is 1. The Morgan fingerprint density at radius 3 is 2.93 bits per heavy atom. The summed E-state index contributed by atoms with van der Waals surface area (Å²) >= 11 is 0. The first-order chi connectivity index (χ1) is 13.0. The number of likely N-dealkylation sites (tertiary alicyclic amines) is 1. The fourth-order valence-electron chi connectivity index (χ4n) is 3.66. The molecule has 2 atom stereocenters. The van der Waals surface area contributed by atoms with Gasteiger partial charge in [-0.3, -0.25) is 4.90 Å². The summed E-state index contributed by atoms with van der Waals surface area (Å²) in [4.78, 5) is 29.5. The lowest BCUT2D eigenvalue weighted by atomic mass is 10.00. The van der Waals surface area contributed by atoms with Crippen molar-refractivity contribution in [1.29, 1.82) is 0 Å². The van der Waals surface area contributed by atoms with Crippen LogP contribution in [0, 0.1) is 0 Å². The predicted molar refractivity (Wildman–Crippen MR) is 99.9 cm³/mol. The highest BCUT2D eigenvalue weighted by Crippen LogP contribution is 2.29. The van der Waals surface area contributed by atoms with Crippen LogP contribution < -0.4 is 10.6 Å². The van der Waals surface area contributed by atoms with Gasteiger partial charge < -0.3 is 24.7 Å². The third kappa shape index (κ3) is 4.33. The first kappa shape index (κ1) is 19.4. The Hall–Kier alpha value is -2.32. The van der Waals surface area contributed by atoms with Crippen molar-refractivity contribution >= 4 is 12.0 Å². The smallest absolute Gasteiger partial charge is 0.338 e. The second kappa shape index (κ2) is 8.58. The molecule has 2 unspecified atom stereocenters. The van der Waals surface area contributed by atoms with Crippen LogP contribution in [0.1, 0.15) is 32.1 Å². The van der Waals surface area contributed by atoms with E-state index in [4.69, 9.17) is 9.15 Å². The molecule has 8 heteroatoms. The van der Waals surface area contributed by atoms with Gasteiger partial charge in [0.2, 0.25) is 0 Å². The largest absolute Gasteiger partial charge is 0.467 e. The first-order valence-electron chi connectivity index (χ1n) is 9.47. The van der Waals surface area contributed by atoms with Crippen molar-refractivity contribution in [2.75, 3.05) is 39.8 Å². The number of carbonyl (C=O) groups excluding carboxylic acids is 2. The van der Waals surface area contributed by atoms with E-state index < -0.39 is 12.0 Å². The fourth-order valence-corrected chi connectivity index (χ4v) is 3.66. The van der Waals surface area contributed by atoms with Crippen LogP contribution in [0.4, 0.5) is 4.79 Å². The van der Waals surface area contributed by atoms with Gasteiger partial charge in [-0.2, -0.15) is 0 Å². The van der Waals surface area contributed by atoms with E-state index >= 15 is 0 Å². The lowest BCUT2D eigenvalue weighted by molar-refractivity contribution is -0.139. The maximum Gasteiger partial charge on any atom is 0.338 e. The van der Waals surface area contributed by atoms with E-state index in [2.05, 4.69) is 34.4 Å². The van der Waals surface area contributed by atoms with Gasteiger partial charge in [0.15, 0.2) is 0 Å². The molecule has 27 heavy (non-hydrogen) atoms. The number of carbonyl (C=O) groups is 2. The minimum absolute atomic E-state index is 0.265. The molecule has 148 valence electrons. The topological polar surface area (TPSA) is 87.0 Å². The molecule has 8 nitrogen and oxygen atoms in total. The van der Waals surface area contributed by atoms with Gasteiger partial charge in [0.25, 0.3) is 0 Å². The van der Waals surface area contributed by atoms with Crippen molar-refractivity contribution in [3.05, 3.63) is 35.4 Å². The Morgan fingerprint density at radius 2 is 2.26 bits per heavy atom. The van der Waals surface area contributed by atoms with Gasteiger partial charge in [0, 0.05) is 31.4 Å². The highest BCUT2D eigenvalue weighted by atomic mass is 16.5. The summed E-state index contributed by atoms with van der Waals surface area (Å²) in [5, 5.41) is 5.58. The molecule has 1 aromatic rings. The molecule has 2 aliphatic rings. The van der Waals surface area contributed by atoms with Crippen LogP contribution in [-0.2, 0) is 9.53 Å². The van der Waals surface area contributed by atoms with Gasteiger partial charge in [0.05, 0.1) is 18.4 Å². The van der Waals surface area contributed by atoms with Gasteiger partial charge in [0.1, 0.15) is 11.8 Å². The third-order valence-corrected chi connectivity index (χ3v) is 5.23. The zero-order valence-electron chi connectivity index (χ0n) is 16.2. The Bertz CT molecular complexity index is 701. The molecule has 1 aromatic heterocycles. The second-order valence-corrected chi connectivity index (χ2v) is 6.91. The maximum atomic E-state index is 12.7. The Balaban J connectivity index is 1.86. The van der Waals surface area contributed by atoms with E-state index in [-0.39, 0.29) is 12.6 Å². The maximum absolute atomic E-state index is 12.7. The molecule has 3 heterocycles. The molecular formula is C19H28N4O4. The Morgan fingerprint density at radius 1 is 1.44 bits per heavy atom. The number of hydrogen-bond donors (Lipinski definition) is 2. The summed E-state index contributed by atoms with van der Waals surface area (Å²) in [5.41, 5.74) is 0.983. The van der Waals surface area contributed by atoms with Crippen LogP contribution in [-0.4, -0.2) is 67.7 Å². The van der Waals surface area contributed by atoms with Crippen molar-refractivity contribution in [2.24, 2.45) is 0 Å². The molecule has 2 N–H and O–H groups in total. The number of likely N-dealkylation sites (N-methyl/N-ethyl adjacent to an activating group) is 1. The molecule has 0 saturated carbocycles. The zero-order valence-corrected chi connectivity index (χ0v) is 16.2. The lowest BCUT2D eigenvalue weighted by Gasteiger charge is -2.30. The third-order valence-electron chi connectivity index (χ3n) is 5.23. The van der Waals surface area contributed by atoms with Crippen molar-refractivity contribution in [3.8, 4) is 0 Å². The number of amides is 2. The second-order valence-electron chi connectivity index (χ2n) is 6.91. The molecule has 2 amide bonds. The summed E-state index contributed by atoms with van der Waals surface area (Å²) < 4.78 is 10.7. The van der Waals surface area contributed by atoms with Gasteiger partial charge in [-0.1, -0.05) is 6.92 Å². The van der Waals surface area contributed by atoms with Gasteiger partial charge in [-0.05, 0) is 39.1 Å². The van der Waals surface area contributed by atoms with Crippen LogP contribution in [0.3, 0.4) is 0 Å². The van der Waals surface area contributed by atoms with Crippen LogP contribution >= 0.6 is 0 Å². The molecule has 0 spiro atoms. The number of nitrogens with zero attached hydrogens (tertiary/aromatic N) is 2. The summed E-state index contributed by atoms with van der Waals surface area (Å²) in [5.74, 6) is 0.0678. The molecule has 3 rings (SSSR count). The van der Waals surface area contributed by atoms with E-state index in [1.165, 1.54) is 6.26 Å². The number of furan rings is 1. The van der Waals surface area contributed by atoms with Gasteiger partial charge in [-0.15, -0.1) is 0 Å². The quantitative estimate of drug-likeness (QED) is 0.701. The normalized spacial score (nSPS) is 23.5. The number of urea groups is 1. The molecule has 1 saturated heterocycles. The molecule has 2 aliphatic heterocycles. The highest BCUT2D eigenvalue weighted by Gasteiger charge is 2.36. The van der Waals surface area contributed by atoms with Crippen molar-refractivity contribution in [2.45, 2.75) is 32.4 Å². The van der Waals surface area contributed by atoms with Crippen molar-refractivity contribution < 1.29 is 18.7 Å². The number of hydrogen-bond acceptors (Lipinski definition) is 6. The molecular weight excluding hydrogens is 348 g/mol.